The number of aliphatic hydroxyl groups is 2. The lowest BCUT2D eigenvalue weighted by molar-refractivity contribution is -0.0380. The highest BCUT2D eigenvalue weighted by molar-refractivity contribution is 7.13. The second-order valence-corrected chi connectivity index (χ2v) is 9.19. The number of aromatic nitrogens is 3. The molecule has 2 aromatic carbocycles. The van der Waals surface area contributed by atoms with E-state index in [4.69, 9.17) is 21.1 Å². The molecule has 0 spiro atoms. The van der Waals surface area contributed by atoms with Gasteiger partial charge in [0.25, 0.3) is 0 Å². The van der Waals surface area contributed by atoms with Gasteiger partial charge in [0.2, 0.25) is 0 Å². The summed E-state index contributed by atoms with van der Waals surface area (Å²) in [6.07, 6.45) is -0.0864. The molecule has 1 aliphatic heterocycles. The Labute approximate surface area is 199 Å². The van der Waals surface area contributed by atoms with Gasteiger partial charge in [-0.15, -0.1) is 11.3 Å². The number of ether oxygens (including phenoxy) is 2. The number of aryl methyl sites for hydroxylation is 1. The molecule has 1 fully saturated rings. The molecule has 2 N–H and O–H groups in total. The van der Waals surface area contributed by atoms with Gasteiger partial charge < -0.3 is 24.3 Å². The second kappa shape index (κ2) is 9.24. The van der Waals surface area contributed by atoms with Crippen molar-refractivity contribution in [2.45, 2.75) is 38.1 Å². The highest BCUT2D eigenvalue weighted by Crippen LogP contribution is 2.39. The second-order valence-electron chi connectivity index (χ2n) is 7.90. The Morgan fingerprint density at radius 1 is 1.09 bits per heavy atom. The first-order valence-corrected chi connectivity index (χ1v) is 11.7. The van der Waals surface area contributed by atoms with Gasteiger partial charge in [0.15, 0.2) is 6.23 Å². The van der Waals surface area contributed by atoms with Crippen molar-refractivity contribution < 1.29 is 19.7 Å². The zero-order valence-electron chi connectivity index (χ0n) is 17.7. The minimum absolute atomic E-state index is 0.340. The van der Waals surface area contributed by atoms with Gasteiger partial charge in [-0.1, -0.05) is 35.9 Å². The van der Waals surface area contributed by atoms with Gasteiger partial charge in [-0.3, -0.25) is 0 Å². The third-order valence-electron chi connectivity index (χ3n) is 5.50. The maximum atomic E-state index is 10.5. The normalized spacial score (nSPS) is 22.5. The summed E-state index contributed by atoms with van der Waals surface area (Å²) in [5, 5.41) is 24.6. The van der Waals surface area contributed by atoms with E-state index in [0.29, 0.717) is 17.4 Å². The van der Waals surface area contributed by atoms with Crippen LogP contribution in [-0.4, -0.2) is 37.0 Å². The first-order chi connectivity index (χ1) is 16.0. The molecule has 4 aromatic rings. The summed E-state index contributed by atoms with van der Waals surface area (Å²) in [6.45, 7) is 2.20. The molecule has 1 aliphatic rings. The molecule has 7 nitrogen and oxygen atoms in total. The quantitative estimate of drug-likeness (QED) is 0.418. The summed E-state index contributed by atoms with van der Waals surface area (Å²) >= 11 is 7.51. The van der Waals surface area contributed by atoms with Crippen LogP contribution in [-0.2, 0) is 11.3 Å². The van der Waals surface area contributed by atoms with Crippen molar-refractivity contribution in [3.63, 3.8) is 0 Å². The molecule has 1 saturated heterocycles. The number of hydrogen-bond acceptors (Lipinski definition) is 7. The molecule has 4 atom stereocenters. The summed E-state index contributed by atoms with van der Waals surface area (Å²) in [5.41, 5.74) is 3.42. The number of benzene rings is 2. The molecule has 9 heteroatoms. The maximum absolute atomic E-state index is 10.5. The molecule has 0 aliphatic carbocycles. The summed E-state index contributed by atoms with van der Waals surface area (Å²) in [7, 11) is 0. The van der Waals surface area contributed by atoms with Crippen LogP contribution in [0.2, 0.25) is 5.02 Å². The summed E-state index contributed by atoms with van der Waals surface area (Å²) < 4.78 is 13.5. The van der Waals surface area contributed by atoms with Gasteiger partial charge >= 0.3 is 0 Å². The summed E-state index contributed by atoms with van der Waals surface area (Å²) in [5.74, 6) is 0.676. The number of halogens is 1. The molecule has 0 amide bonds. The fraction of sp³-hybridized carbons (Fsp3) is 0.250. The molecule has 170 valence electrons. The van der Waals surface area contributed by atoms with E-state index < -0.39 is 24.5 Å². The lowest BCUT2D eigenvalue weighted by Crippen LogP contribution is -2.28. The Kier molecular flexibility index (Phi) is 6.18. The number of rotatable bonds is 6. The smallest absolute Gasteiger partial charge is 0.164 e. The number of imidazole rings is 1. The van der Waals surface area contributed by atoms with Crippen LogP contribution in [0.4, 0.5) is 0 Å². The van der Waals surface area contributed by atoms with E-state index in [1.807, 2.05) is 60.8 Å². The molecular formula is C24H22ClN3O4S. The van der Waals surface area contributed by atoms with E-state index in [1.54, 1.807) is 28.4 Å². The van der Waals surface area contributed by atoms with Crippen LogP contribution in [0.1, 0.15) is 29.3 Å². The van der Waals surface area contributed by atoms with Crippen LogP contribution in [0.25, 0.3) is 10.6 Å². The summed E-state index contributed by atoms with van der Waals surface area (Å²) in [4.78, 5) is 8.79. The van der Waals surface area contributed by atoms with E-state index >= 15 is 0 Å². The van der Waals surface area contributed by atoms with Crippen LogP contribution in [0.3, 0.4) is 0 Å². The van der Waals surface area contributed by atoms with Gasteiger partial charge in [-0.05, 0) is 36.8 Å². The number of nitrogens with zero attached hydrogens (tertiary/aromatic N) is 3. The van der Waals surface area contributed by atoms with Crippen LogP contribution < -0.4 is 4.74 Å². The SMILES string of the molecule is Cc1cn([C@@H]2O[C@H](c3ccc(OCc4csc(-c5ccc(Cl)cc5)n4)cc3)[C@H](O)[C@@H]2O)cn1. The lowest BCUT2D eigenvalue weighted by atomic mass is 10.0. The van der Waals surface area contributed by atoms with Crippen LogP contribution in [0, 0.1) is 6.92 Å². The Morgan fingerprint density at radius 3 is 2.55 bits per heavy atom. The fourth-order valence-electron chi connectivity index (χ4n) is 3.77. The Hall–Kier alpha value is -2.75. The van der Waals surface area contributed by atoms with Gasteiger partial charge in [0, 0.05) is 22.2 Å². The van der Waals surface area contributed by atoms with Crippen molar-refractivity contribution in [3.05, 3.63) is 88.4 Å². The van der Waals surface area contributed by atoms with Crippen LogP contribution >= 0.6 is 22.9 Å². The summed E-state index contributed by atoms with van der Waals surface area (Å²) in [6, 6.07) is 14.9. The first-order valence-electron chi connectivity index (χ1n) is 10.4. The Morgan fingerprint density at radius 2 is 1.85 bits per heavy atom. The minimum Gasteiger partial charge on any atom is -0.487 e. The number of hydrogen-bond donors (Lipinski definition) is 2. The van der Waals surface area contributed by atoms with Gasteiger partial charge in [0.05, 0.1) is 17.7 Å². The van der Waals surface area contributed by atoms with Crippen molar-refractivity contribution in [2.75, 3.05) is 0 Å². The molecule has 5 rings (SSSR count). The van der Waals surface area contributed by atoms with Gasteiger partial charge in [-0.25, -0.2) is 9.97 Å². The van der Waals surface area contributed by atoms with E-state index in [9.17, 15) is 10.2 Å². The van der Waals surface area contributed by atoms with Crippen LogP contribution in [0.15, 0.2) is 66.4 Å². The molecule has 0 saturated carbocycles. The zero-order chi connectivity index (χ0) is 22.9. The largest absolute Gasteiger partial charge is 0.487 e. The topological polar surface area (TPSA) is 89.6 Å². The van der Waals surface area contributed by atoms with Crippen molar-refractivity contribution in [1.29, 1.82) is 0 Å². The highest BCUT2D eigenvalue weighted by Gasteiger charge is 2.44. The number of aliphatic hydroxyl groups excluding tert-OH is 2. The van der Waals surface area contributed by atoms with Crippen molar-refractivity contribution in [2.24, 2.45) is 0 Å². The predicted octanol–water partition coefficient (Wildman–Crippen LogP) is 4.54. The van der Waals surface area contributed by atoms with Gasteiger partial charge in [-0.2, -0.15) is 0 Å². The molecular weight excluding hydrogens is 462 g/mol. The van der Waals surface area contributed by atoms with Crippen molar-refractivity contribution in [3.8, 4) is 16.3 Å². The third kappa shape index (κ3) is 4.66. The monoisotopic (exact) mass is 483 g/mol. The van der Waals surface area contributed by atoms with Crippen molar-refractivity contribution in [1.82, 2.24) is 14.5 Å². The Balaban J connectivity index is 1.22. The molecule has 3 heterocycles. The molecule has 0 bridgehead atoms. The molecule has 33 heavy (non-hydrogen) atoms. The average Bonchev–Trinajstić information content (AvgIpc) is 3.54. The zero-order valence-corrected chi connectivity index (χ0v) is 19.3. The Bertz CT molecular complexity index is 1230. The lowest BCUT2D eigenvalue weighted by Gasteiger charge is -2.16. The standard InChI is InChI=1S/C24H22ClN3O4S/c1-14-10-28(13-26-14)24-21(30)20(29)22(32-24)15-4-8-19(9-5-15)31-11-18-12-33-23(27-18)16-2-6-17(25)7-3-16/h2-10,12-13,20-22,24,29-30H,11H2,1H3/t20-,21+,22-,24-/m1/s1. The minimum atomic E-state index is -1.06. The first kappa shape index (κ1) is 22.1. The van der Waals surface area contributed by atoms with Gasteiger partial charge in [0.1, 0.15) is 35.7 Å². The average molecular weight is 484 g/mol. The van der Waals surface area contributed by atoms with Crippen LogP contribution in [0.5, 0.6) is 5.75 Å². The highest BCUT2D eigenvalue weighted by atomic mass is 35.5. The molecule has 2 aromatic heterocycles. The molecule has 0 radical (unpaired) electrons. The van der Waals surface area contributed by atoms with E-state index in [2.05, 4.69) is 9.97 Å². The number of thiazole rings is 1. The van der Waals surface area contributed by atoms with E-state index in [-0.39, 0.29) is 0 Å². The van der Waals surface area contributed by atoms with Crippen molar-refractivity contribution >= 4 is 22.9 Å². The van der Waals surface area contributed by atoms with E-state index in [1.165, 1.54) is 0 Å². The fourth-order valence-corrected chi connectivity index (χ4v) is 4.71. The van der Waals surface area contributed by atoms with E-state index in [0.717, 1.165) is 27.5 Å². The molecule has 0 unspecified atom stereocenters. The predicted molar refractivity (Wildman–Crippen MR) is 125 cm³/mol. The third-order valence-corrected chi connectivity index (χ3v) is 6.69. The maximum Gasteiger partial charge on any atom is 0.164 e.